The van der Waals surface area contributed by atoms with Gasteiger partial charge in [0, 0.05) is 62.0 Å². The summed E-state index contributed by atoms with van der Waals surface area (Å²) in [5.74, 6) is 0.130. The van der Waals surface area contributed by atoms with Crippen molar-refractivity contribution in [3.05, 3.63) is 34.9 Å². The maximum Gasteiger partial charge on any atom is 0.222 e. The molecule has 2 atom stereocenters. The largest absolute Gasteiger partial charge is 0.385 e. The van der Waals surface area contributed by atoms with E-state index in [0.29, 0.717) is 61.7 Å². The van der Waals surface area contributed by atoms with Crippen molar-refractivity contribution in [2.24, 2.45) is 11.5 Å². The lowest BCUT2D eigenvalue weighted by Gasteiger charge is -2.15. The number of amides is 1. The number of hydrogen-bond donors (Lipinski definition) is 2. The number of nitrogens with two attached hydrogens (primary N) is 2. The van der Waals surface area contributed by atoms with E-state index < -0.39 is 0 Å². The molecule has 26 heavy (non-hydrogen) atoms. The first-order valence-corrected chi connectivity index (χ1v) is 8.23. The van der Waals surface area contributed by atoms with Crippen molar-refractivity contribution in [3.63, 3.8) is 0 Å². The summed E-state index contributed by atoms with van der Waals surface area (Å²) in [5, 5.41) is 0. The summed E-state index contributed by atoms with van der Waals surface area (Å²) < 4.78 is 4.88. The number of carbonyl (C=O) groups excluding carboxylic acids is 4. The van der Waals surface area contributed by atoms with E-state index in [9.17, 15) is 19.2 Å². The number of carbonyl (C=O) groups is 4. The second-order valence-corrected chi connectivity index (χ2v) is 6.01. The third-order valence-corrected chi connectivity index (χ3v) is 3.91. The summed E-state index contributed by atoms with van der Waals surface area (Å²) in [6, 6.07) is 4.13. The molecular weight excluding hydrogens is 338 g/mol. The molecule has 0 radical (unpaired) electrons. The Bertz CT molecular complexity index is 561. The molecule has 0 aromatic heterocycles. The molecule has 0 saturated carbocycles. The van der Waals surface area contributed by atoms with Crippen LogP contribution in [0.4, 0.5) is 0 Å². The zero-order chi connectivity index (χ0) is 19.5. The minimum Gasteiger partial charge on any atom is -0.385 e. The van der Waals surface area contributed by atoms with Gasteiger partial charge in [-0.1, -0.05) is 0 Å². The van der Waals surface area contributed by atoms with Crippen LogP contribution in [0.25, 0.3) is 0 Å². The van der Waals surface area contributed by atoms with Crippen molar-refractivity contribution in [2.75, 3.05) is 26.8 Å². The molecule has 2 rings (SSSR count). The van der Waals surface area contributed by atoms with Crippen LogP contribution < -0.4 is 11.5 Å². The van der Waals surface area contributed by atoms with E-state index >= 15 is 0 Å². The Labute approximate surface area is 152 Å². The highest BCUT2D eigenvalue weighted by Gasteiger charge is 2.29. The van der Waals surface area contributed by atoms with Crippen LogP contribution >= 0.6 is 0 Å². The molecule has 1 aliphatic rings. The second kappa shape index (κ2) is 11.2. The number of ether oxygens (including phenoxy) is 1. The minimum absolute atomic E-state index is 0.0682. The van der Waals surface area contributed by atoms with E-state index in [-0.39, 0.29) is 18.0 Å². The number of benzene rings is 1. The Morgan fingerprint density at radius 2 is 1.46 bits per heavy atom. The van der Waals surface area contributed by atoms with Gasteiger partial charge in [-0.15, -0.1) is 0 Å². The van der Waals surface area contributed by atoms with E-state index in [1.54, 1.807) is 12.0 Å². The number of aldehydes is 3. The fourth-order valence-electron chi connectivity index (χ4n) is 2.49. The summed E-state index contributed by atoms with van der Waals surface area (Å²) in [6.07, 6.45) is 3.07. The summed E-state index contributed by atoms with van der Waals surface area (Å²) >= 11 is 0. The van der Waals surface area contributed by atoms with Crippen molar-refractivity contribution >= 4 is 24.8 Å². The van der Waals surface area contributed by atoms with Crippen LogP contribution in [0.1, 0.15) is 43.9 Å². The van der Waals surface area contributed by atoms with Crippen LogP contribution in [0.15, 0.2) is 18.2 Å². The third-order valence-electron chi connectivity index (χ3n) is 3.91. The lowest BCUT2D eigenvalue weighted by molar-refractivity contribution is -0.130. The smallest absolute Gasteiger partial charge is 0.222 e. The molecule has 4 N–H and O–H groups in total. The van der Waals surface area contributed by atoms with E-state index in [1.807, 2.05) is 0 Å². The standard InChI is InChI=1S/C9H19N3O2.C9H6O3/c1-14-4-2-3-9(13)12-5-7(10)8(11)6-12;10-4-7-1-8(5-11)3-9(2-7)6-12/h7-8H,2-6,10-11H2,1H3;1-6H/t7-,8?;/m1./s1. The minimum atomic E-state index is -0.0682. The summed E-state index contributed by atoms with van der Waals surface area (Å²) in [4.78, 5) is 44.2. The highest BCUT2D eigenvalue weighted by Crippen LogP contribution is 2.09. The molecule has 1 aromatic carbocycles. The van der Waals surface area contributed by atoms with Crippen molar-refractivity contribution in [3.8, 4) is 0 Å². The summed E-state index contributed by atoms with van der Waals surface area (Å²) in [7, 11) is 1.63. The molecule has 1 saturated heterocycles. The van der Waals surface area contributed by atoms with Gasteiger partial charge in [-0.05, 0) is 24.6 Å². The molecule has 1 aromatic rings. The molecule has 8 nitrogen and oxygen atoms in total. The fraction of sp³-hybridized carbons (Fsp3) is 0.444. The van der Waals surface area contributed by atoms with E-state index in [4.69, 9.17) is 16.2 Å². The Kier molecular flexibility index (Phi) is 9.35. The van der Waals surface area contributed by atoms with E-state index in [1.165, 1.54) is 18.2 Å². The summed E-state index contributed by atoms with van der Waals surface area (Å²) in [6.45, 7) is 1.80. The Morgan fingerprint density at radius 3 is 1.81 bits per heavy atom. The molecule has 0 aliphatic carbocycles. The molecule has 142 valence electrons. The average molecular weight is 363 g/mol. The first kappa shape index (κ1) is 21.6. The topological polar surface area (TPSA) is 133 Å². The maximum absolute atomic E-state index is 11.6. The van der Waals surface area contributed by atoms with Gasteiger partial charge < -0.3 is 21.1 Å². The van der Waals surface area contributed by atoms with Crippen LogP contribution in [0.5, 0.6) is 0 Å². The Balaban J connectivity index is 0.000000263. The normalized spacial score (nSPS) is 18.7. The molecule has 8 heteroatoms. The second-order valence-electron chi connectivity index (χ2n) is 6.01. The zero-order valence-electron chi connectivity index (χ0n) is 14.8. The molecular formula is C18H25N3O5. The number of rotatable bonds is 7. The fourth-order valence-corrected chi connectivity index (χ4v) is 2.49. The molecule has 1 unspecified atom stereocenters. The van der Waals surface area contributed by atoms with Crippen LogP contribution in [-0.4, -0.2) is 68.6 Å². The number of likely N-dealkylation sites (tertiary alicyclic amines) is 1. The van der Waals surface area contributed by atoms with Crippen molar-refractivity contribution in [1.29, 1.82) is 0 Å². The summed E-state index contributed by atoms with van der Waals surface area (Å²) in [5.41, 5.74) is 12.4. The number of nitrogens with zero attached hydrogens (tertiary/aromatic N) is 1. The monoisotopic (exact) mass is 363 g/mol. The van der Waals surface area contributed by atoms with Gasteiger partial charge in [0.25, 0.3) is 0 Å². The van der Waals surface area contributed by atoms with Gasteiger partial charge in [-0.2, -0.15) is 0 Å². The van der Waals surface area contributed by atoms with Crippen molar-refractivity contribution < 1.29 is 23.9 Å². The third kappa shape index (κ3) is 6.83. The lowest BCUT2D eigenvalue weighted by atomic mass is 10.1. The van der Waals surface area contributed by atoms with Crippen LogP contribution in [-0.2, 0) is 9.53 Å². The number of methoxy groups -OCH3 is 1. The van der Waals surface area contributed by atoms with Crippen LogP contribution in [0.2, 0.25) is 0 Å². The first-order valence-electron chi connectivity index (χ1n) is 8.23. The highest BCUT2D eigenvalue weighted by molar-refractivity contribution is 5.87. The predicted molar refractivity (Wildman–Crippen MR) is 96.2 cm³/mol. The van der Waals surface area contributed by atoms with Crippen LogP contribution in [0, 0.1) is 0 Å². The SMILES string of the molecule is COCCCC(=O)N1CC(N)[C@H](N)C1.O=Cc1cc(C=O)cc(C=O)c1. The quantitative estimate of drug-likeness (QED) is 0.516. The van der Waals surface area contributed by atoms with Crippen molar-refractivity contribution in [2.45, 2.75) is 24.9 Å². The zero-order valence-corrected chi connectivity index (χ0v) is 14.8. The van der Waals surface area contributed by atoms with E-state index in [2.05, 4.69) is 0 Å². The molecule has 0 spiro atoms. The highest BCUT2D eigenvalue weighted by atomic mass is 16.5. The Morgan fingerprint density at radius 1 is 1.04 bits per heavy atom. The lowest BCUT2D eigenvalue weighted by Crippen LogP contribution is -2.39. The van der Waals surface area contributed by atoms with Crippen molar-refractivity contribution in [1.82, 2.24) is 4.90 Å². The average Bonchev–Trinajstić information content (AvgIpc) is 3.00. The van der Waals surface area contributed by atoms with Gasteiger partial charge >= 0.3 is 0 Å². The Hall–Kier alpha value is -2.42. The maximum atomic E-state index is 11.6. The van der Waals surface area contributed by atoms with Gasteiger partial charge in [0.1, 0.15) is 18.9 Å². The first-order chi connectivity index (χ1) is 12.4. The van der Waals surface area contributed by atoms with Gasteiger partial charge in [0.2, 0.25) is 5.91 Å². The van der Waals surface area contributed by atoms with Gasteiger partial charge in [-0.3, -0.25) is 19.2 Å². The molecule has 1 heterocycles. The van der Waals surface area contributed by atoms with Gasteiger partial charge in [0.15, 0.2) is 0 Å². The van der Waals surface area contributed by atoms with E-state index in [0.717, 1.165) is 6.42 Å². The molecule has 0 bridgehead atoms. The molecule has 1 aliphatic heterocycles. The van der Waals surface area contributed by atoms with Gasteiger partial charge in [-0.25, -0.2) is 0 Å². The van der Waals surface area contributed by atoms with Gasteiger partial charge in [0.05, 0.1) is 0 Å². The predicted octanol–water partition coefficient (Wildman–Crippen LogP) is 0.0339. The molecule has 1 amide bonds. The number of hydrogen-bond acceptors (Lipinski definition) is 7. The molecule has 1 fully saturated rings. The van der Waals surface area contributed by atoms with Crippen LogP contribution in [0.3, 0.4) is 0 Å².